The molecule has 0 spiro atoms. The highest BCUT2D eigenvalue weighted by Crippen LogP contribution is 2.21. The minimum atomic E-state index is 0.290. The number of likely N-dealkylation sites (tertiary alicyclic amines) is 1. The first-order valence-corrected chi connectivity index (χ1v) is 9.05. The Hall–Kier alpha value is -1.75. The summed E-state index contributed by atoms with van der Waals surface area (Å²) >= 11 is 0. The fourth-order valence-electron chi connectivity index (χ4n) is 3.73. The molecular weight excluding hydrogens is 302 g/mol. The molecule has 0 radical (unpaired) electrons. The van der Waals surface area contributed by atoms with Crippen molar-refractivity contribution >= 4 is 11.6 Å². The molecule has 1 unspecified atom stereocenters. The highest BCUT2D eigenvalue weighted by Gasteiger charge is 2.24. The fourth-order valence-corrected chi connectivity index (χ4v) is 3.73. The normalized spacial score (nSPS) is 22.5. The first-order chi connectivity index (χ1) is 11.7. The number of methoxy groups -OCH3 is 1. The summed E-state index contributed by atoms with van der Waals surface area (Å²) in [6.45, 7) is 8.43. The standard InChI is InChI=1S/C19H29N3O2/c1-16-4-3-9-20(14-16)15-19(23)22-12-10-21(11-13-22)17-5-7-18(24-2)8-6-17/h5-8,16H,3-4,9-15H2,1-2H3. The summed E-state index contributed by atoms with van der Waals surface area (Å²) in [5.41, 5.74) is 1.20. The van der Waals surface area contributed by atoms with Gasteiger partial charge in [0.25, 0.3) is 0 Å². The number of carbonyl (C=O) groups is 1. The van der Waals surface area contributed by atoms with Crippen LogP contribution in [0.2, 0.25) is 0 Å². The topological polar surface area (TPSA) is 36.0 Å². The summed E-state index contributed by atoms with van der Waals surface area (Å²) in [6, 6.07) is 8.16. The van der Waals surface area contributed by atoms with Crippen LogP contribution in [0.25, 0.3) is 0 Å². The van der Waals surface area contributed by atoms with E-state index >= 15 is 0 Å². The predicted molar refractivity (Wildman–Crippen MR) is 96.6 cm³/mol. The van der Waals surface area contributed by atoms with Crippen molar-refractivity contribution in [2.24, 2.45) is 5.92 Å². The third-order valence-corrected chi connectivity index (χ3v) is 5.17. The van der Waals surface area contributed by atoms with Crippen LogP contribution >= 0.6 is 0 Å². The van der Waals surface area contributed by atoms with Gasteiger partial charge in [-0.1, -0.05) is 6.92 Å². The predicted octanol–water partition coefficient (Wildman–Crippen LogP) is 2.08. The first kappa shape index (κ1) is 17.1. The summed E-state index contributed by atoms with van der Waals surface area (Å²) < 4.78 is 5.21. The molecule has 2 aliphatic rings. The van der Waals surface area contributed by atoms with Crippen molar-refractivity contribution in [2.45, 2.75) is 19.8 Å². The Balaban J connectivity index is 1.48. The van der Waals surface area contributed by atoms with Gasteiger partial charge in [-0.15, -0.1) is 0 Å². The molecule has 1 aromatic carbocycles. The number of carbonyl (C=O) groups excluding carboxylic acids is 1. The van der Waals surface area contributed by atoms with Crippen molar-refractivity contribution in [1.82, 2.24) is 9.80 Å². The van der Waals surface area contributed by atoms with Crippen molar-refractivity contribution < 1.29 is 9.53 Å². The quantitative estimate of drug-likeness (QED) is 0.846. The van der Waals surface area contributed by atoms with E-state index < -0.39 is 0 Å². The highest BCUT2D eigenvalue weighted by molar-refractivity contribution is 5.78. The molecule has 5 nitrogen and oxygen atoms in total. The van der Waals surface area contributed by atoms with Crippen molar-refractivity contribution in [1.29, 1.82) is 0 Å². The Morgan fingerprint density at radius 3 is 2.46 bits per heavy atom. The molecule has 1 atom stereocenters. The molecule has 24 heavy (non-hydrogen) atoms. The van der Waals surface area contributed by atoms with Crippen molar-refractivity contribution in [3.8, 4) is 5.75 Å². The van der Waals surface area contributed by atoms with E-state index in [1.807, 2.05) is 17.0 Å². The number of hydrogen-bond acceptors (Lipinski definition) is 4. The molecule has 5 heteroatoms. The van der Waals surface area contributed by atoms with E-state index in [0.717, 1.165) is 50.9 Å². The van der Waals surface area contributed by atoms with E-state index in [-0.39, 0.29) is 0 Å². The number of anilines is 1. The van der Waals surface area contributed by atoms with Crippen LogP contribution in [-0.2, 0) is 4.79 Å². The molecule has 0 saturated carbocycles. The Morgan fingerprint density at radius 1 is 1.12 bits per heavy atom. The van der Waals surface area contributed by atoms with E-state index in [1.165, 1.54) is 18.5 Å². The Morgan fingerprint density at radius 2 is 1.83 bits per heavy atom. The lowest BCUT2D eigenvalue weighted by molar-refractivity contribution is -0.133. The zero-order chi connectivity index (χ0) is 16.9. The minimum Gasteiger partial charge on any atom is -0.497 e. The van der Waals surface area contributed by atoms with Crippen LogP contribution in [0, 0.1) is 5.92 Å². The molecule has 2 heterocycles. The third kappa shape index (κ3) is 4.20. The lowest BCUT2D eigenvalue weighted by Gasteiger charge is -2.38. The first-order valence-electron chi connectivity index (χ1n) is 9.05. The largest absolute Gasteiger partial charge is 0.497 e. The third-order valence-electron chi connectivity index (χ3n) is 5.17. The van der Waals surface area contributed by atoms with Crippen molar-refractivity contribution in [3.63, 3.8) is 0 Å². The molecule has 2 saturated heterocycles. The summed E-state index contributed by atoms with van der Waals surface area (Å²) in [4.78, 5) is 19.2. The maximum Gasteiger partial charge on any atom is 0.236 e. The number of piperazine rings is 1. The Bertz CT molecular complexity index is 538. The van der Waals surface area contributed by atoms with Gasteiger partial charge in [0.15, 0.2) is 0 Å². The van der Waals surface area contributed by atoms with Crippen LogP contribution in [0.3, 0.4) is 0 Å². The molecule has 132 valence electrons. The average molecular weight is 331 g/mol. The maximum atomic E-state index is 12.5. The van der Waals surface area contributed by atoms with Crippen LogP contribution in [0.4, 0.5) is 5.69 Å². The smallest absolute Gasteiger partial charge is 0.236 e. The van der Waals surface area contributed by atoms with E-state index in [0.29, 0.717) is 12.5 Å². The molecule has 2 fully saturated rings. The fraction of sp³-hybridized carbons (Fsp3) is 0.632. The summed E-state index contributed by atoms with van der Waals surface area (Å²) in [7, 11) is 1.68. The van der Waals surface area contributed by atoms with E-state index in [4.69, 9.17) is 4.74 Å². The average Bonchev–Trinajstić information content (AvgIpc) is 2.62. The molecule has 2 aliphatic heterocycles. The number of piperidine rings is 1. The number of ether oxygens (including phenoxy) is 1. The van der Waals surface area contributed by atoms with Gasteiger partial charge >= 0.3 is 0 Å². The van der Waals surface area contributed by atoms with Gasteiger partial charge in [0.1, 0.15) is 5.75 Å². The summed E-state index contributed by atoms with van der Waals surface area (Å²) in [5.74, 6) is 1.89. The van der Waals surface area contributed by atoms with Crippen LogP contribution < -0.4 is 9.64 Å². The summed E-state index contributed by atoms with van der Waals surface area (Å²) in [6.07, 6.45) is 2.52. The molecule has 0 bridgehead atoms. The molecule has 1 aromatic rings. The second kappa shape index (κ2) is 7.88. The number of hydrogen-bond donors (Lipinski definition) is 0. The van der Waals surface area contributed by atoms with Gasteiger partial charge in [0.2, 0.25) is 5.91 Å². The van der Waals surface area contributed by atoms with Crippen LogP contribution in [0.5, 0.6) is 5.75 Å². The van der Waals surface area contributed by atoms with Crippen molar-refractivity contribution in [3.05, 3.63) is 24.3 Å². The van der Waals surface area contributed by atoms with Crippen LogP contribution in [0.1, 0.15) is 19.8 Å². The number of nitrogens with zero attached hydrogens (tertiary/aromatic N) is 3. The Labute approximate surface area is 145 Å². The van der Waals surface area contributed by atoms with E-state index in [1.54, 1.807) is 7.11 Å². The lowest BCUT2D eigenvalue weighted by Crippen LogP contribution is -2.52. The molecular formula is C19H29N3O2. The van der Waals surface area contributed by atoms with E-state index in [2.05, 4.69) is 28.9 Å². The van der Waals surface area contributed by atoms with Gasteiger partial charge in [-0.2, -0.15) is 0 Å². The number of benzene rings is 1. The van der Waals surface area contributed by atoms with Crippen LogP contribution in [0.15, 0.2) is 24.3 Å². The van der Waals surface area contributed by atoms with Gasteiger partial charge in [-0.3, -0.25) is 9.69 Å². The lowest BCUT2D eigenvalue weighted by atomic mass is 10.0. The minimum absolute atomic E-state index is 0.290. The zero-order valence-corrected chi connectivity index (χ0v) is 14.9. The van der Waals surface area contributed by atoms with Gasteiger partial charge in [0, 0.05) is 38.4 Å². The second-order valence-corrected chi connectivity index (χ2v) is 7.05. The van der Waals surface area contributed by atoms with Gasteiger partial charge in [-0.05, 0) is 49.6 Å². The molecule has 0 N–H and O–H groups in total. The Kier molecular flexibility index (Phi) is 5.61. The SMILES string of the molecule is COc1ccc(N2CCN(C(=O)CN3CCCC(C)C3)CC2)cc1. The maximum absolute atomic E-state index is 12.5. The molecule has 3 rings (SSSR count). The zero-order valence-electron chi connectivity index (χ0n) is 14.9. The van der Waals surface area contributed by atoms with E-state index in [9.17, 15) is 4.79 Å². The summed E-state index contributed by atoms with van der Waals surface area (Å²) in [5, 5.41) is 0. The van der Waals surface area contributed by atoms with Gasteiger partial charge in [0.05, 0.1) is 13.7 Å². The van der Waals surface area contributed by atoms with Crippen LogP contribution in [-0.4, -0.2) is 68.6 Å². The van der Waals surface area contributed by atoms with Gasteiger partial charge < -0.3 is 14.5 Å². The monoisotopic (exact) mass is 331 g/mol. The van der Waals surface area contributed by atoms with Crippen molar-refractivity contribution in [2.75, 3.05) is 57.8 Å². The number of rotatable bonds is 4. The molecule has 0 aromatic heterocycles. The highest BCUT2D eigenvalue weighted by atomic mass is 16.5. The molecule has 0 aliphatic carbocycles. The van der Waals surface area contributed by atoms with Gasteiger partial charge in [-0.25, -0.2) is 0 Å². The second-order valence-electron chi connectivity index (χ2n) is 7.05. The molecule has 1 amide bonds. The number of amides is 1.